The molecule has 176 valence electrons. The summed E-state index contributed by atoms with van der Waals surface area (Å²) in [5, 5.41) is 11.0. The highest BCUT2D eigenvalue weighted by Crippen LogP contribution is 2.36. The van der Waals surface area contributed by atoms with Gasteiger partial charge in [-0.15, -0.1) is 0 Å². The van der Waals surface area contributed by atoms with Gasteiger partial charge in [0.25, 0.3) is 0 Å². The Labute approximate surface area is 193 Å². The summed E-state index contributed by atoms with van der Waals surface area (Å²) in [6.07, 6.45) is -2.77. The van der Waals surface area contributed by atoms with Crippen LogP contribution in [0, 0.1) is 0 Å². The number of rotatable bonds is 4. The van der Waals surface area contributed by atoms with E-state index in [9.17, 15) is 18.0 Å². The van der Waals surface area contributed by atoms with E-state index < -0.39 is 23.7 Å². The fourth-order valence-electron chi connectivity index (χ4n) is 3.35. The molecule has 1 aliphatic heterocycles. The van der Waals surface area contributed by atoms with Crippen molar-refractivity contribution in [2.24, 2.45) is 10.7 Å². The molecule has 0 saturated heterocycles. The minimum atomic E-state index is -4.82. The molecule has 13 heteroatoms. The Kier molecular flexibility index (Phi) is 6.72. The summed E-state index contributed by atoms with van der Waals surface area (Å²) in [6.45, 7) is 5.02. The Hall–Kier alpha value is -3.48. The molecule has 1 amide bonds. The van der Waals surface area contributed by atoms with Gasteiger partial charge >= 0.3 is 12.3 Å². The molecule has 3 heterocycles. The van der Waals surface area contributed by atoms with E-state index in [0.29, 0.717) is 22.7 Å². The monoisotopic (exact) mass is 481 g/mol. The maximum absolute atomic E-state index is 13.5. The summed E-state index contributed by atoms with van der Waals surface area (Å²) in [5.41, 5.74) is 6.94. The molecule has 2 aromatic heterocycles. The predicted molar refractivity (Wildman–Crippen MR) is 123 cm³/mol. The van der Waals surface area contributed by atoms with E-state index in [1.54, 1.807) is 12.3 Å². The van der Waals surface area contributed by atoms with Crippen molar-refractivity contribution >= 4 is 46.5 Å². The topological polar surface area (TPSA) is 120 Å². The van der Waals surface area contributed by atoms with E-state index in [-0.39, 0.29) is 16.6 Å². The van der Waals surface area contributed by atoms with Gasteiger partial charge in [0.2, 0.25) is 0 Å². The molecule has 0 bridgehead atoms. The maximum atomic E-state index is 13.5. The minimum Gasteiger partial charge on any atom is -0.465 e. The number of fused-ring (bicyclic) bond motifs is 1. The number of nitrogens with zero attached hydrogens (tertiary/aromatic N) is 5. The molecule has 9 nitrogen and oxygen atoms in total. The van der Waals surface area contributed by atoms with Crippen molar-refractivity contribution in [1.82, 2.24) is 9.97 Å². The second-order valence-corrected chi connectivity index (χ2v) is 7.98. The van der Waals surface area contributed by atoms with E-state index in [1.165, 1.54) is 0 Å². The predicted octanol–water partition coefficient (Wildman–Crippen LogP) is 3.48. The van der Waals surface area contributed by atoms with Crippen LogP contribution in [0.25, 0.3) is 0 Å². The molecule has 0 spiro atoms. The van der Waals surface area contributed by atoms with Crippen molar-refractivity contribution in [3.63, 3.8) is 0 Å². The molecule has 1 aliphatic rings. The first-order valence-corrected chi connectivity index (χ1v) is 10.2. The van der Waals surface area contributed by atoms with Crippen molar-refractivity contribution in [1.29, 1.82) is 0 Å². The van der Waals surface area contributed by atoms with Gasteiger partial charge in [0.15, 0.2) is 10.9 Å². The number of nitrogens with two attached hydrogens (primary N) is 1. The van der Waals surface area contributed by atoms with Gasteiger partial charge in [-0.1, -0.05) is 0 Å². The van der Waals surface area contributed by atoms with Crippen LogP contribution in [0.2, 0.25) is 0 Å². The van der Waals surface area contributed by atoms with E-state index in [4.69, 9.17) is 23.1 Å². The lowest BCUT2D eigenvalue weighted by molar-refractivity contribution is -0.137. The van der Waals surface area contributed by atoms with Crippen LogP contribution in [0.1, 0.15) is 30.7 Å². The van der Waals surface area contributed by atoms with Crippen LogP contribution in [0.3, 0.4) is 0 Å². The number of hydrogen-bond donors (Lipinski definition) is 3. The second-order valence-electron chi connectivity index (χ2n) is 7.59. The molecule has 0 saturated carbocycles. The van der Waals surface area contributed by atoms with Gasteiger partial charge in [-0.2, -0.15) is 13.2 Å². The minimum absolute atomic E-state index is 0.0610. The summed E-state index contributed by atoms with van der Waals surface area (Å²) < 4.78 is 40.6. The number of carbonyl (C=O) groups is 1. The molecule has 4 N–H and O–H groups in total. The maximum Gasteiger partial charge on any atom is 0.420 e. The zero-order chi connectivity index (χ0) is 24.5. The molecule has 0 unspecified atom stereocenters. The SMILES string of the molecule is CC(C)N1CCc2cc(C(N)=NC(=S)Nc3ncc(N(C)C(=O)O)cc3C(F)(F)F)ncc21. The van der Waals surface area contributed by atoms with Crippen LogP contribution >= 0.6 is 12.2 Å². The summed E-state index contributed by atoms with van der Waals surface area (Å²) in [6, 6.07) is 2.76. The second kappa shape index (κ2) is 9.17. The zero-order valence-corrected chi connectivity index (χ0v) is 18.8. The Balaban J connectivity index is 1.83. The Morgan fingerprint density at radius 1 is 1.33 bits per heavy atom. The number of halogens is 3. The van der Waals surface area contributed by atoms with Crippen molar-refractivity contribution in [2.75, 3.05) is 28.7 Å². The molecule has 0 aliphatic carbocycles. The Bertz CT molecular complexity index is 1120. The molecule has 0 fully saturated rings. The third-order valence-electron chi connectivity index (χ3n) is 5.08. The smallest absolute Gasteiger partial charge is 0.420 e. The summed E-state index contributed by atoms with van der Waals surface area (Å²) in [4.78, 5) is 25.8. The van der Waals surface area contributed by atoms with Crippen LogP contribution in [0.4, 0.5) is 35.2 Å². The number of anilines is 3. The fourth-order valence-corrected chi connectivity index (χ4v) is 3.54. The standard InChI is InChI=1S/C20H22F3N7O2S/c1-10(2)30-5-4-11-6-14(25-9-15(11)30)16(24)27-18(33)28-17-13(20(21,22)23)7-12(8-26-17)29(3)19(31)32/h6-10H,4-5H2,1-3H3,(H,31,32)(H3,24,26,27,28,33). The van der Waals surface area contributed by atoms with Gasteiger partial charge in [0, 0.05) is 19.6 Å². The molecule has 3 rings (SSSR count). The number of nitrogens with one attached hydrogen (secondary N) is 1. The van der Waals surface area contributed by atoms with E-state index in [0.717, 1.165) is 37.5 Å². The zero-order valence-electron chi connectivity index (χ0n) is 18.0. The van der Waals surface area contributed by atoms with Gasteiger partial charge in [0.05, 0.1) is 23.8 Å². The van der Waals surface area contributed by atoms with Gasteiger partial charge in [-0.25, -0.2) is 14.8 Å². The number of amidine groups is 1. The number of carboxylic acid groups (broad SMARTS) is 1. The third-order valence-corrected chi connectivity index (χ3v) is 5.28. The number of alkyl halides is 3. The first-order chi connectivity index (χ1) is 15.4. The number of hydrogen-bond acceptors (Lipinski definition) is 5. The van der Waals surface area contributed by atoms with Crippen LogP contribution in [0.15, 0.2) is 29.5 Å². The molecular weight excluding hydrogens is 459 g/mol. The average Bonchev–Trinajstić information content (AvgIpc) is 3.16. The quantitative estimate of drug-likeness (QED) is 0.345. The summed E-state index contributed by atoms with van der Waals surface area (Å²) in [5.74, 6) is -0.685. The normalized spacial score (nSPS) is 13.8. The number of aromatic nitrogens is 2. The molecule has 0 aromatic carbocycles. The fraction of sp³-hybridized carbons (Fsp3) is 0.350. The summed E-state index contributed by atoms with van der Waals surface area (Å²) in [7, 11) is 1.10. The highest BCUT2D eigenvalue weighted by molar-refractivity contribution is 7.80. The molecular formula is C20H22F3N7O2S. The first-order valence-electron chi connectivity index (χ1n) is 9.83. The van der Waals surface area contributed by atoms with Crippen molar-refractivity contribution < 1.29 is 23.1 Å². The van der Waals surface area contributed by atoms with E-state index in [1.807, 2.05) is 0 Å². The Morgan fingerprint density at radius 3 is 2.64 bits per heavy atom. The number of thiocarbonyl (C=S) groups is 1. The summed E-state index contributed by atoms with van der Waals surface area (Å²) >= 11 is 5.05. The lowest BCUT2D eigenvalue weighted by Crippen LogP contribution is -2.28. The van der Waals surface area contributed by atoms with Crippen LogP contribution in [0.5, 0.6) is 0 Å². The third kappa shape index (κ3) is 5.30. The van der Waals surface area contributed by atoms with Crippen LogP contribution in [-0.4, -0.2) is 51.8 Å². The van der Waals surface area contributed by atoms with Crippen LogP contribution < -0.4 is 20.9 Å². The highest BCUT2D eigenvalue weighted by atomic mass is 32.1. The van der Waals surface area contributed by atoms with Gasteiger partial charge < -0.3 is 21.1 Å². The molecule has 33 heavy (non-hydrogen) atoms. The highest BCUT2D eigenvalue weighted by Gasteiger charge is 2.35. The number of amides is 1. The molecule has 0 atom stereocenters. The largest absolute Gasteiger partial charge is 0.465 e. The lowest BCUT2D eigenvalue weighted by atomic mass is 10.1. The Morgan fingerprint density at radius 2 is 2.03 bits per heavy atom. The average molecular weight is 482 g/mol. The number of aliphatic imine (C=N–C) groups is 1. The van der Waals surface area contributed by atoms with Crippen molar-refractivity contribution in [2.45, 2.75) is 32.5 Å². The van der Waals surface area contributed by atoms with Gasteiger partial charge in [0.1, 0.15) is 17.1 Å². The van der Waals surface area contributed by atoms with E-state index >= 15 is 0 Å². The molecule has 2 aromatic rings. The van der Waals surface area contributed by atoms with Crippen molar-refractivity contribution in [3.05, 3.63) is 41.3 Å². The van der Waals surface area contributed by atoms with Crippen molar-refractivity contribution in [3.8, 4) is 0 Å². The molecule has 0 radical (unpaired) electrons. The van der Waals surface area contributed by atoms with E-state index in [2.05, 4.69) is 39.0 Å². The first kappa shape index (κ1) is 24.2. The lowest BCUT2D eigenvalue weighted by Gasteiger charge is -2.23. The van der Waals surface area contributed by atoms with Crippen LogP contribution in [-0.2, 0) is 12.6 Å². The van der Waals surface area contributed by atoms with Gasteiger partial charge in [-0.3, -0.25) is 9.88 Å². The van der Waals surface area contributed by atoms with Gasteiger partial charge in [-0.05, 0) is 50.2 Å². The number of pyridine rings is 2.